The first-order valence-corrected chi connectivity index (χ1v) is 7.80. The van der Waals surface area contributed by atoms with Crippen molar-refractivity contribution < 1.29 is 23.8 Å². The lowest BCUT2D eigenvalue weighted by Crippen LogP contribution is -2.36. The first-order valence-electron chi connectivity index (χ1n) is 7.80. The molecule has 1 aromatic carbocycles. The smallest absolute Gasteiger partial charge is 0.347 e. The molecule has 7 nitrogen and oxygen atoms in total. The second-order valence-corrected chi connectivity index (χ2v) is 5.44. The van der Waals surface area contributed by atoms with Gasteiger partial charge in [-0.05, 0) is 44.0 Å². The van der Waals surface area contributed by atoms with Gasteiger partial charge in [0, 0.05) is 13.2 Å². The summed E-state index contributed by atoms with van der Waals surface area (Å²) in [6, 6.07) is 8.36. The van der Waals surface area contributed by atoms with E-state index < -0.39 is 12.1 Å². The van der Waals surface area contributed by atoms with Gasteiger partial charge in [0.2, 0.25) is 0 Å². The number of nitriles is 1. The second kappa shape index (κ2) is 8.89. The van der Waals surface area contributed by atoms with Crippen LogP contribution in [0.1, 0.15) is 25.3 Å². The largest absolute Gasteiger partial charge is 0.479 e. The van der Waals surface area contributed by atoms with Crippen LogP contribution in [0.25, 0.3) is 0 Å². The molecule has 0 spiro atoms. The number of ether oxygens (including phenoxy) is 3. The maximum atomic E-state index is 11.8. The van der Waals surface area contributed by atoms with Gasteiger partial charge >= 0.3 is 5.97 Å². The molecule has 2 rings (SSSR count). The predicted molar refractivity (Wildman–Crippen MR) is 84.2 cm³/mol. The molecule has 1 heterocycles. The van der Waals surface area contributed by atoms with Crippen molar-refractivity contribution in [2.75, 3.05) is 19.8 Å². The minimum Gasteiger partial charge on any atom is -0.479 e. The number of nitrogens with zero attached hydrogens (tertiary/aromatic N) is 1. The van der Waals surface area contributed by atoms with Gasteiger partial charge in [-0.3, -0.25) is 4.79 Å². The zero-order chi connectivity index (χ0) is 17.4. The summed E-state index contributed by atoms with van der Waals surface area (Å²) in [7, 11) is 0. The summed E-state index contributed by atoms with van der Waals surface area (Å²) in [6.45, 7) is 2.32. The lowest BCUT2D eigenvalue weighted by molar-refractivity contribution is -0.154. The molecule has 1 amide bonds. The Bertz CT molecular complexity index is 602. The number of esters is 1. The van der Waals surface area contributed by atoms with Crippen LogP contribution >= 0.6 is 0 Å². The number of carbonyl (C=O) groups is 2. The molecule has 0 bridgehead atoms. The first kappa shape index (κ1) is 17.8. The van der Waals surface area contributed by atoms with Crippen molar-refractivity contribution in [3.05, 3.63) is 29.8 Å². The molecule has 0 saturated carbocycles. The van der Waals surface area contributed by atoms with E-state index in [0.717, 1.165) is 19.4 Å². The van der Waals surface area contributed by atoms with Crippen LogP contribution < -0.4 is 10.1 Å². The summed E-state index contributed by atoms with van der Waals surface area (Å²) in [5.41, 5.74) is 0.500. The van der Waals surface area contributed by atoms with Crippen LogP contribution in [0.5, 0.6) is 5.75 Å². The number of carbonyl (C=O) groups excluding carboxylic acids is 2. The third-order valence-electron chi connectivity index (χ3n) is 3.52. The van der Waals surface area contributed by atoms with Crippen LogP contribution in [-0.4, -0.2) is 43.8 Å². The molecule has 1 aliphatic heterocycles. The number of hydrogen-bond acceptors (Lipinski definition) is 6. The summed E-state index contributed by atoms with van der Waals surface area (Å²) in [4.78, 5) is 23.5. The summed E-state index contributed by atoms with van der Waals surface area (Å²) < 4.78 is 15.7. The fraction of sp³-hybridized carbons (Fsp3) is 0.471. The van der Waals surface area contributed by atoms with Gasteiger partial charge in [0.15, 0.2) is 12.7 Å². The van der Waals surface area contributed by atoms with Crippen molar-refractivity contribution >= 4 is 11.9 Å². The van der Waals surface area contributed by atoms with Crippen molar-refractivity contribution in [3.8, 4) is 11.8 Å². The van der Waals surface area contributed by atoms with E-state index in [0.29, 0.717) is 17.9 Å². The van der Waals surface area contributed by atoms with Gasteiger partial charge in [0.1, 0.15) is 5.75 Å². The Hall–Kier alpha value is -2.59. The molecular weight excluding hydrogens is 312 g/mol. The van der Waals surface area contributed by atoms with E-state index >= 15 is 0 Å². The molecule has 128 valence electrons. The topological polar surface area (TPSA) is 97.6 Å². The van der Waals surface area contributed by atoms with Gasteiger partial charge in [-0.2, -0.15) is 5.26 Å². The molecule has 1 saturated heterocycles. The highest BCUT2D eigenvalue weighted by atomic mass is 16.6. The number of benzene rings is 1. The minimum atomic E-state index is -0.857. The van der Waals surface area contributed by atoms with Crippen molar-refractivity contribution in [2.45, 2.75) is 32.0 Å². The number of amides is 1. The summed E-state index contributed by atoms with van der Waals surface area (Å²) in [5, 5.41) is 11.4. The van der Waals surface area contributed by atoms with Crippen LogP contribution in [-0.2, 0) is 19.1 Å². The van der Waals surface area contributed by atoms with Crippen molar-refractivity contribution in [2.24, 2.45) is 0 Å². The van der Waals surface area contributed by atoms with E-state index in [1.807, 2.05) is 6.07 Å². The molecule has 0 unspecified atom stereocenters. The molecule has 7 heteroatoms. The molecule has 1 fully saturated rings. The van der Waals surface area contributed by atoms with Crippen LogP contribution in [0.4, 0.5) is 0 Å². The Labute approximate surface area is 140 Å². The van der Waals surface area contributed by atoms with E-state index in [-0.39, 0.29) is 18.6 Å². The molecular formula is C17H20N2O5. The molecule has 0 aromatic heterocycles. The molecule has 0 radical (unpaired) electrons. The van der Waals surface area contributed by atoms with E-state index in [1.165, 1.54) is 6.92 Å². The van der Waals surface area contributed by atoms with Crippen molar-refractivity contribution in [1.29, 1.82) is 5.26 Å². The highest BCUT2D eigenvalue weighted by Crippen LogP contribution is 2.14. The molecule has 0 aliphatic carbocycles. The highest BCUT2D eigenvalue weighted by molar-refractivity contribution is 5.82. The molecule has 1 aromatic rings. The summed E-state index contributed by atoms with van der Waals surface area (Å²) in [6.07, 6.45) is 1.11. The maximum Gasteiger partial charge on any atom is 0.347 e. The second-order valence-electron chi connectivity index (χ2n) is 5.44. The van der Waals surface area contributed by atoms with E-state index in [9.17, 15) is 9.59 Å². The van der Waals surface area contributed by atoms with Crippen LogP contribution in [0, 0.1) is 11.3 Å². The lowest BCUT2D eigenvalue weighted by atomic mass is 10.2. The fourth-order valence-corrected chi connectivity index (χ4v) is 2.20. The maximum absolute atomic E-state index is 11.8. The third kappa shape index (κ3) is 5.56. The Morgan fingerprint density at radius 3 is 2.79 bits per heavy atom. The number of rotatable bonds is 7. The zero-order valence-electron chi connectivity index (χ0n) is 13.5. The van der Waals surface area contributed by atoms with E-state index in [4.69, 9.17) is 19.5 Å². The Morgan fingerprint density at radius 1 is 1.42 bits per heavy atom. The molecule has 1 aliphatic rings. The van der Waals surface area contributed by atoms with Crippen LogP contribution in [0.15, 0.2) is 24.3 Å². The summed E-state index contributed by atoms with van der Waals surface area (Å²) in [5.74, 6) is -0.558. The Balaban J connectivity index is 1.68. The van der Waals surface area contributed by atoms with Crippen molar-refractivity contribution in [3.63, 3.8) is 0 Å². The average molecular weight is 332 g/mol. The molecule has 24 heavy (non-hydrogen) atoms. The average Bonchev–Trinajstić information content (AvgIpc) is 3.12. The van der Waals surface area contributed by atoms with Crippen LogP contribution in [0.2, 0.25) is 0 Å². The van der Waals surface area contributed by atoms with Gasteiger partial charge in [0.25, 0.3) is 5.91 Å². The normalized spacial score (nSPS) is 17.6. The standard InChI is InChI=1S/C17H20N2O5/c1-12(24-14-6-4-13(9-18)5-7-14)17(21)23-11-16(20)19-10-15-3-2-8-22-15/h4-7,12,15H,2-3,8,10-11H2,1H3,(H,19,20)/t12-,15-/m0/s1. The predicted octanol–water partition coefficient (Wildman–Crippen LogP) is 1.16. The van der Waals surface area contributed by atoms with Gasteiger partial charge in [-0.1, -0.05) is 0 Å². The molecule has 2 atom stereocenters. The lowest BCUT2D eigenvalue weighted by Gasteiger charge is -2.14. The number of hydrogen-bond donors (Lipinski definition) is 1. The third-order valence-corrected chi connectivity index (χ3v) is 3.52. The first-order chi connectivity index (χ1) is 11.6. The van der Waals surface area contributed by atoms with Gasteiger partial charge in [-0.25, -0.2) is 4.79 Å². The van der Waals surface area contributed by atoms with E-state index in [1.54, 1.807) is 24.3 Å². The molecule has 1 N–H and O–H groups in total. The fourth-order valence-electron chi connectivity index (χ4n) is 2.20. The van der Waals surface area contributed by atoms with Gasteiger partial charge < -0.3 is 19.5 Å². The monoisotopic (exact) mass is 332 g/mol. The van der Waals surface area contributed by atoms with Gasteiger partial charge in [0.05, 0.1) is 17.7 Å². The van der Waals surface area contributed by atoms with Gasteiger partial charge in [-0.15, -0.1) is 0 Å². The van der Waals surface area contributed by atoms with E-state index in [2.05, 4.69) is 5.32 Å². The number of nitrogens with one attached hydrogen (secondary N) is 1. The Morgan fingerprint density at radius 2 is 2.17 bits per heavy atom. The quantitative estimate of drug-likeness (QED) is 0.753. The van der Waals surface area contributed by atoms with Crippen LogP contribution in [0.3, 0.4) is 0 Å². The zero-order valence-corrected chi connectivity index (χ0v) is 13.5. The summed E-state index contributed by atoms with van der Waals surface area (Å²) >= 11 is 0. The highest BCUT2D eigenvalue weighted by Gasteiger charge is 2.19. The van der Waals surface area contributed by atoms with Crippen molar-refractivity contribution in [1.82, 2.24) is 5.32 Å². The minimum absolute atomic E-state index is 0.0447. The Kier molecular flexibility index (Phi) is 6.58. The SMILES string of the molecule is C[C@H](Oc1ccc(C#N)cc1)C(=O)OCC(=O)NC[C@@H]1CCCO1.